The summed E-state index contributed by atoms with van der Waals surface area (Å²) in [6.07, 6.45) is 1.54. The molecule has 1 heterocycles. The van der Waals surface area contributed by atoms with E-state index in [0.717, 1.165) is 17.1 Å². The quantitative estimate of drug-likeness (QED) is 0.764. The lowest BCUT2D eigenvalue weighted by atomic mass is 10.2. The third-order valence-electron chi connectivity index (χ3n) is 3.96. The van der Waals surface area contributed by atoms with E-state index in [-0.39, 0.29) is 28.2 Å². The molecule has 1 aliphatic rings. The van der Waals surface area contributed by atoms with Crippen LogP contribution in [-0.4, -0.2) is 65.7 Å². The van der Waals surface area contributed by atoms with E-state index in [1.54, 1.807) is 13.1 Å². The predicted molar refractivity (Wildman–Crippen MR) is 95.4 cm³/mol. The monoisotopic (exact) mass is 397 g/mol. The first kappa shape index (κ1) is 21.3. The van der Waals surface area contributed by atoms with Crippen molar-refractivity contribution in [3.05, 3.63) is 24.3 Å². The molecule has 1 aliphatic heterocycles. The lowest BCUT2D eigenvalue weighted by molar-refractivity contribution is 0.378. The summed E-state index contributed by atoms with van der Waals surface area (Å²) in [4.78, 5) is -0.336. The number of nitrogens with zero attached hydrogens (tertiary/aromatic N) is 2. The molecule has 0 aliphatic carbocycles. The minimum Gasteiger partial charge on any atom is -0.318 e. The second-order valence-electron chi connectivity index (χ2n) is 5.70. The molecule has 1 unspecified atom stereocenters. The van der Waals surface area contributed by atoms with Crippen molar-refractivity contribution in [3.8, 4) is 0 Å². The Labute approximate surface area is 150 Å². The summed E-state index contributed by atoms with van der Waals surface area (Å²) in [6, 6.07) is 5.63. The molecule has 0 aromatic heterocycles. The van der Waals surface area contributed by atoms with Crippen LogP contribution in [0.4, 0.5) is 0 Å². The highest BCUT2D eigenvalue weighted by molar-refractivity contribution is 7.92. The summed E-state index contributed by atoms with van der Waals surface area (Å²) in [7, 11) is -3.16. The first-order chi connectivity index (χ1) is 10.7. The van der Waals surface area contributed by atoms with Gasteiger partial charge in [-0.2, -0.15) is 4.31 Å². The fourth-order valence-electron chi connectivity index (χ4n) is 2.76. The third-order valence-corrected chi connectivity index (χ3v) is 7.97. The molecule has 1 N–H and O–H groups in total. The highest BCUT2D eigenvalue weighted by atomic mass is 35.5. The molecule has 0 radical (unpaired) electrons. The molecular formula is C14H24ClN3O4S2. The fraction of sp³-hybridized carbons (Fsp3) is 0.571. The van der Waals surface area contributed by atoms with Crippen molar-refractivity contribution in [2.24, 2.45) is 0 Å². The average Bonchev–Trinajstić information content (AvgIpc) is 2.96. The molecule has 1 saturated heterocycles. The standard InChI is InChI=1S/C14H23N3O4S2.ClH/c1-15-11-12-7-6-10-17(12)23(20,21)14-9-5-4-8-13(14)22(18,19)16(2)3;/h4-5,8-9,12,15H,6-7,10-11H2,1-3H3;1H. The van der Waals surface area contributed by atoms with Crippen LogP contribution < -0.4 is 5.32 Å². The van der Waals surface area contributed by atoms with Gasteiger partial charge in [-0.05, 0) is 32.0 Å². The van der Waals surface area contributed by atoms with Crippen molar-refractivity contribution in [1.29, 1.82) is 0 Å². The number of likely N-dealkylation sites (N-methyl/N-ethyl adjacent to an activating group) is 1. The van der Waals surface area contributed by atoms with Crippen molar-refractivity contribution in [2.75, 3.05) is 34.2 Å². The summed E-state index contributed by atoms with van der Waals surface area (Å²) in [5.41, 5.74) is 0. The fourth-order valence-corrected chi connectivity index (χ4v) is 6.13. The van der Waals surface area contributed by atoms with E-state index in [0.29, 0.717) is 13.1 Å². The highest BCUT2D eigenvalue weighted by Crippen LogP contribution is 2.30. The zero-order valence-electron chi connectivity index (χ0n) is 14.0. The van der Waals surface area contributed by atoms with Crippen LogP contribution in [-0.2, 0) is 20.0 Å². The zero-order valence-corrected chi connectivity index (χ0v) is 16.4. The van der Waals surface area contributed by atoms with Gasteiger partial charge in [0.1, 0.15) is 9.79 Å². The largest absolute Gasteiger partial charge is 0.318 e. The lowest BCUT2D eigenvalue weighted by Gasteiger charge is -2.25. The number of hydrogen-bond donors (Lipinski definition) is 1. The molecule has 10 heteroatoms. The summed E-state index contributed by atoms with van der Waals surface area (Å²) in [6.45, 7) is 0.951. The van der Waals surface area contributed by atoms with Crippen molar-refractivity contribution in [1.82, 2.24) is 13.9 Å². The van der Waals surface area contributed by atoms with Gasteiger partial charge in [0, 0.05) is 33.2 Å². The molecule has 0 spiro atoms. The average molecular weight is 398 g/mol. The van der Waals surface area contributed by atoms with Gasteiger partial charge >= 0.3 is 0 Å². The van der Waals surface area contributed by atoms with Crippen molar-refractivity contribution >= 4 is 32.5 Å². The van der Waals surface area contributed by atoms with Gasteiger partial charge in [-0.1, -0.05) is 12.1 Å². The molecule has 24 heavy (non-hydrogen) atoms. The molecular weight excluding hydrogens is 374 g/mol. The van der Waals surface area contributed by atoms with Gasteiger partial charge in [0.25, 0.3) is 0 Å². The molecule has 2 rings (SSSR count). The second-order valence-corrected chi connectivity index (χ2v) is 9.68. The Hall–Kier alpha value is -0.710. The first-order valence-corrected chi connectivity index (χ1v) is 10.3. The zero-order chi connectivity index (χ0) is 17.3. The van der Waals surface area contributed by atoms with E-state index in [9.17, 15) is 16.8 Å². The predicted octanol–water partition coefficient (Wildman–Crippen LogP) is 0.731. The van der Waals surface area contributed by atoms with Crippen molar-refractivity contribution in [3.63, 3.8) is 0 Å². The van der Waals surface area contributed by atoms with Gasteiger partial charge in [-0.25, -0.2) is 21.1 Å². The normalized spacial score (nSPS) is 19.4. The molecule has 0 saturated carbocycles. The minimum atomic E-state index is -3.87. The van der Waals surface area contributed by atoms with Gasteiger partial charge in [-0.3, -0.25) is 0 Å². The number of benzene rings is 1. The van der Waals surface area contributed by atoms with Crippen LogP contribution in [0, 0.1) is 0 Å². The number of sulfonamides is 2. The van der Waals surface area contributed by atoms with Crippen LogP contribution in [0.2, 0.25) is 0 Å². The number of halogens is 1. The van der Waals surface area contributed by atoms with E-state index >= 15 is 0 Å². The van der Waals surface area contributed by atoms with Crippen LogP contribution >= 0.6 is 12.4 Å². The summed E-state index contributed by atoms with van der Waals surface area (Å²) < 4.78 is 53.4. The molecule has 1 aromatic rings. The molecule has 1 atom stereocenters. The van der Waals surface area contributed by atoms with Gasteiger partial charge in [0.15, 0.2) is 0 Å². The maximum absolute atomic E-state index is 13.0. The maximum Gasteiger partial charge on any atom is 0.244 e. The van der Waals surface area contributed by atoms with E-state index in [1.807, 2.05) is 0 Å². The van der Waals surface area contributed by atoms with E-state index in [4.69, 9.17) is 0 Å². The van der Waals surface area contributed by atoms with Crippen molar-refractivity contribution < 1.29 is 16.8 Å². The molecule has 1 aromatic carbocycles. The summed E-state index contributed by atoms with van der Waals surface area (Å²) in [5, 5.41) is 2.99. The molecule has 138 valence electrons. The van der Waals surface area contributed by atoms with Crippen LogP contribution in [0.15, 0.2) is 34.1 Å². The van der Waals surface area contributed by atoms with E-state index in [2.05, 4.69) is 5.32 Å². The SMILES string of the molecule is CNCC1CCCN1S(=O)(=O)c1ccccc1S(=O)(=O)N(C)C.Cl. The summed E-state index contributed by atoms with van der Waals surface area (Å²) >= 11 is 0. The Kier molecular flexibility index (Phi) is 7.21. The smallest absolute Gasteiger partial charge is 0.244 e. The van der Waals surface area contributed by atoms with Gasteiger partial charge in [0.2, 0.25) is 20.0 Å². The van der Waals surface area contributed by atoms with Crippen LogP contribution in [0.5, 0.6) is 0 Å². The summed E-state index contributed by atoms with van der Waals surface area (Å²) in [5.74, 6) is 0. The Morgan fingerprint density at radius 2 is 1.75 bits per heavy atom. The Bertz CT molecular complexity index is 766. The number of hydrogen-bond acceptors (Lipinski definition) is 5. The molecule has 0 bridgehead atoms. The topological polar surface area (TPSA) is 86.8 Å². The van der Waals surface area contributed by atoms with Gasteiger partial charge in [-0.15, -0.1) is 12.4 Å². The van der Waals surface area contributed by atoms with E-state index in [1.165, 1.54) is 36.6 Å². The third kappa shape index (κ3) is 3.92. The lowest BCUT2D eigenvalue weighted by Crippen LogP contribution is -2.41. The first-order valence-electron chi connectivity index (χ1n) is 7.41. The Morgan fingerprint density at radius 3 is 2.29 bits per heavy atom. The maximum atomic E-state index is 13.0. The van der Waals surface area contributed by atoms with E-state index < -0.39 is 20.0 Å². The number of nitrogens with one attached hydrogen (secondary N) is 1. The van der Waals surface area contributed by atoms with Crippen LogP contribution in [0.3, 0.4) is 0 Å². The Balaban J connectivity index is 0.00000288. The van der Waals surface area contributed by atoms with Crippen molar-refractivity contribution in [2.45, 2.75) is 28.7 Å². The second kappa shape index (κ2) is 8.11. The highest BCUT2D eigenvalue weighted by Gasteiger charge is 2.38. The van der Waals surface area contributed by atoms with Crippen LogP contribution in [0.1, 0.15) is 12.8 Å². The van der Waals surface area contributed by atoms with Gasteiger partial charge in [0.05, 0.1) is 0 Å². The molecule has 1 fully saturated rings. The Morgan fingerprint density at radius 1 is 1.17 bits per heavy atom. The minimum absolute atomic E-state index is 0. The molecule has 7 nitrogen and oxygen atoms in total. The molecule has 0 amide bonds. The van der Waals surface area contributed by atoms with Crippen LogP contribution in [0.25, 0.3) is 0 Å². The van der Waals surface area contributed by atoms with Gasteiger partial charge < -0.3 is 5.32 Å². The number of rotatable bonds is 6.